The van der Waals surface area contributed by atoms with Gasteiger partial charge in [0, 0.05) is 17.0 Å². The predicted octanol–water partition coefficient (Wildman–Crippen LogP) is 4.31. The SMILES string of the molecule is CC(C)c1nc(C(=O)Nc2ccc(F)c(Cl)c2)cs1. The number of carbonyl (C=O) groups excluding carboxylic acids is 1. The van der Waals surface area contributed by atoms with E-state index in [1.54, 1.807) is 5.38 Å². The molecule has 0 saturated carbocycles. The molecule has 1 N–H and O–H groups in total. The quantitative estimate of drug-likeness (QED) is 0.917. The van der Waals surface area contributed by atoms with Gasteiger partial charge in [0.1, 0.15) is 11.5 Å². The van der Waals surface area contributed by atoms with Crippen LogP contribution in [-0.2, 0) is 0 Å². The second-order valence-electron chi connectivity index (χ2n) is 4.31. The summed E-state index contributed by atoms with van der Waals surface area (Å²) in [4.78, 5) is 16.2. The third kappa shape index (κ3) is 3.30. The smallest absolute Gasteiger partial charge is 0.275 e. The Morgan fingerprint density at radius 2 is 2.21 bits per heavy atom. The number of thiazole rings is 1. The molecule has 1 amide bonds. The lowest BCUT2D eigenvalue weighted by atomic mass is 10.2. The molecule has 0 atom stereocenters. The Bertz CT molecular complexity index is 612. The van der Waals surface area contributed by atoms with Gasteiger partial charge in [-0.05, 0) is 18.2 Å². The Labute approximate surface area is 119 Å². The van der Waals surface area contributed by atoms with Crippen LogP contribution < -0.4 is 5.32 Å². The van der Waals surface area contributed by atoms with E-state index in [2.05, 4.69) is 10.3 Å². The second-order valence-corrected chi connectivity index (χ2v) is 5.61. The molecule has 0 saturated heterocycles. The van der Waals surface area contributed by atoms with Gasteiger partial charge in [-0.3, -0.25) is 4.79 Å². The van der Waals surface area contributed by atoms with Gasteiger partial charge in [-0.25, -0.2) is 9.37 Å². The van der Waals surface area contributed by atoms with Gasteiger partial charge >= 0.3 is 0 Å². The molecule has 1 aromatic carbocycles. The minimum absolute atomic E-state index is 0.0288. The van der Waals surface area contributed by atoms with Crippen LogP contribution >= 0.6 is 22.9 Å². The van der Waals surface area contributed by atoms with Crippen molar-refractivity contribution in [1.82, 2.24) is 4.98 Å². The number of anilines is 1. The molecule has 6 heteroatoms. The molecular weight excluding hydrogens is 287 g/mol. The predicted molar refractivity (Wildman–Crippen MR) is 75.6 cm³/mol. The highest BCUT2D eigenvalue weighted by Gasteiger charge is 2.13. The van der Waals surface area contributed by atoms with Gasteiger partial charge in [0.25, 0.3) is 5.91 Å². The Hall–Kier alpha value is -1.46. The summed E-state index contributed by atoms with van der Waals surface area (Å²) < 4.78 is 13.0. The molecule has 0 fully saturated rings. The number of benzene rings is 1. The number of halogens is 2. The maximum atomic E-state index is 13.0. The highest BCUT2D eigenvalue weighted by atomic mass is 35.5. The lowest BCUT2D eigenvalue weighted by Gasteiger charge is -2.04. The standard InChI is InChI=1S/C13H12ClFN2OS/c1-7(2)13-17-11(6-19-13)12(18)16-8-3-4-10(15)9(14)5-8/h3-7H,1-2H3,(H,16,18). The van der Waals surface area contributed by atoms with Crippen LogP contribution in [0, 0.1) is 5.82 Å². The molecule has 2 rings (SSSR count). The fourth-order valence-electron chi connectivity index (χ4n) is 1.43. The van der Waals surface area contributed by atoms with Crippen LogP contribution in [0.3, 0.4) is 0 Å². The zero-order valence-corrected chi connectivity index (χ0v) is 12.0. The van der Waals surface area contributed by atoms with Crippen LogP contribution in [0.5, 0.6) is 0 Å². The van der Waals surface area contributed by atoms with E-state index in [0.29, 0.717) is 11.4 Å². The minimum Gasteiger partial charge on any atom is -0.321 e. The third-order valence-corrected chi connectivity index (χ3v) is 3.86. The number of nitrogens with zero attached hydrogens (tertiary/aromatic N) is 1. The molecule has 19 heavy (non-hydrogen) atoms. The molecule has 2 aromatic rings. The fourth-order valence-corrected chi connectivity index (χ4v) is 2.42. The Morgan fingerprint density at radius 3 is 2.79 bits per heavy atom. The Morgan fingerprint density at radius 1 is 1.47 bits per heavy atom. The largest absolute Gasteiger partial charge is 0.321 e. The fraction of sp³-hybridized carbons (Fsp3) is 0.231. The van der Waals surface area contributed by atoms with Crippen molar-refractivity contribution >= 4 is 34.5 Å². The number of rotatable bonds is 3. The zero-order valence-electron chi connectivity index (χ0n) is 10.4. The summed E-state index contributed by atoms with van der Waals surface area (Å²) in [6, 6.07) is 4.03. The van der Waals surface area contributed by atoms with Crippen LogP contribution in [0.1, 0.15) is 35.3 Å². The third-order valence-electron chi connectivity index (χ3n) is 2.43. The van der Waals surface area contributed by atoms with Crippen molar-refractivity contribution in [2.24, 2.45) is 0 Å². The molecule has 0 spiro atoms. The van der Waals surface area contributed by atoms with Crippen molar-refractivity contribution in [3.8, 4) is 0 Å². The van der Waals surface area contributed by atoms with Crippen molar-refractivity contribution in [2.75, 3.05) is 5.32 Å². The zero-order chi connectivity index (χ0) is 14.0. The molecule has 0 aliphatic carbocycles. The number of nitrogens with one attached hydrogen (secondary N) is 1. The molecule has 0 radical (unpaired) electrons. The number of hydrogen-bond acceptors (Lipinski definition) is 3. The van der Waals surface area contributed by atoms with E-state index < -0.39 is 5.82 Å². The van der Waals surface area contributed by atoms with Crippen molar-refractivity contribution in [1.29, 1.82) is 0 Å². The topological polar surface area (TPSA) is 42.0 Å². The summed E-state index contributed by atoms with van der Waals surface area (Å²) in [6.45, 7) is 4.03. The van der Waals surface area contributed by atoms with Crippen LogP contribution in [0.4, 0.5) is 10.1 Å². The van der Waals surface area contributed by atoms with E-state index >= 15 is 0 Å². The number of hydrogen-bond donors (Lipinski definition) is 1. The monoisotopic (exact) mass is 298 g/mol. The van der Waals surface area contributed by atoms with E-state index in [1.165, 1.54) is 29.5 Å². The summed E-state index contributed by atoms with van der Waals surface area (Å²) >= 11 is 7.09. The van der Waals surface area contributed by atoms with Crippen LogP contribution in [0.25, 0.3) is 0 Å². The second kappa shape index (κ2) is 5.67. The van der Waals surface area contributed by atoms with Crippen molar-refractivity contribution < 1.29 is 9.18 Å². The van der Waals surface area contributed by atoms with E-state index in [1.807, 2.05) is 13.8 Å². The van der Waals surface area contributed by atoms with Gasteiger partial charge < -0.3 is 5.32 Å². The Balaban J connectivity index is 2.13. The normalized spacial score (nSPS) is 10.8. The summed E-state index contributed by atoms with van der Waals surface area (Å²) in [5.74, 6) is -0.562. The molecule has 3 nitrogen and oxygen atoms in total. The van der Waals surface area contributed by atoms with Crippen molar-refractivity contribution in [3.63, 3.8) is 0 Å². The molecule has 0 bridgehead atoms. The van der Waals surface area contributed by atoms with Gasteiger partial charge in [0.15, 0.2) is 0 Å². The number of aromatic nitrogens is 1. The van der Waals surface area contributed by atoms with Gasteiger partial charge in [-0.2, -0.15) is 0 Å². The van der Waals surface area contributed by atoms with Crippen LogP contribution in [0.15, 0.2) is 23.6 Å². The van der Waals surface area contributed by atoms with Crippen molar-refractivity contribution in [3.05, 3.63) is 45.1 Å². The lowest BCUT2D eigenvalue weighted by molar-refractivity contribution is 0.102. The minimum atomic E-state index is -0.518. The first-order chi connectivity index (χ1) is 8.97. The average molecular weight is 299 g/mol. The summed E-state index contributed by atoms with van der Waals surface area (Å²) in [7, 11) is 0. The maximum absolute atomic E-state index is 13.0. The van der Waals surface area contributed by atoms with Crippen LogP contribution in [-0.4, -0.2) is 10.9 Å². The summed E-state index contributed by atoms with van der Waals surface area (Å²) in [5.41, 5.74) is 0.796. The molecular formula is C13H12ClFN2OS. The molecule has 0 aliphatic heterocycles. The van der Waals surface area contributed by atoms with Gasteiger partial charge in [-0.1, -0.05) is 25.4 Å². The van der Waals surface area contributed by atoms with E-state index in [9.17, 15) is 9.18 Å². The van der Waals surface area contributed by atoms with Crippen LogP contribution in [0.2, 0.25) is 5.02 Å². The summed E-state index contributed by atoms with van der Waals surface area (Å²) in [5, 5.41) is 5.21. The lowest BCUT2D eigenvalue weighted by Crippen LogP contribution is -2.12. The van der Waals surface area contributed by atoms with Gasteiger partial charge in [0.05, 0.1) is 10.0 Å². The highest BCUT2D eigenvalue weighted by Crippen LogP contribution is 2.22. The van der Waals surface area contributed by atoms with E-state index in [-0.39, 0.29) is 16.8 Å². The first kappa shape index (κ1) is 14.0. The molecule has 1 heterocycles. The average Bonchev–Trinajstić information content (AvgIpc) is 2.83. The first-order valence-corrected chi connectivity index (χ1v) is 6.95. The number of amides is 1. The van der Waals surface area contributed by atoms with Gasteiger partial charge in [-0.15, -0.1) is 11.3 Å². The first-order valence-electron chi connectivity index (χ1n) is 5.69. The molecule has 0 aliphatic rings. The summed E-state index contributed by atoms with van der Waals surface area (Å²) in [6.07, 6.45) is 0. The van der Waals surface area contributed by atoms with Gasteiger partial charge in [0.2, 0.25) is 0 Å². The molecule has 100 valence electrons. The Kier molecular flexibility index (Phi) is 4.17. The van der Waals surface area contributed by atoms with Crippen molar-refractivity contribution in [2.45, 2.75) is 19.8 Å². The molecule has 1 aromatic heterocycles. The van der Waals surface area contributed by atoms with E-state index in [4.69, 9.17) is 11.6 Å². The molecule has 0 unspecified atom stereocenters. The highest BCUT2D eigenvalue weighted by molar-refractivity contribution is 7.09. The maximum Gasteiger partial charge on any atom is 0.275 e. The van der Waals surface area contributed by atoms with E-state index in [0.717, 1.165) is 5.01 Å². The number of carbonyl (C=O) groups is 1.